The number of aliphatic hydroxyl groups is 1. The van der Waals surface area contributed by atoms with Crippen LogP contribution in [-0.4, -0.2) is 30.5 Å². The SMILES string of the molecule is C=CB(O)OCCCO. The van der Waals surface area contributed by atoms with Crippen molar-refractivity contribution in [2.75, 3.05) is 13.2 Å². The van der Waals surface area contributed by atoms with Crippen LogP contribution >= 0.6 is 0 Å². The van der Waals surface area contributed by atoms with Crippen LogP contribution in [0.4, 0.5) is 0 Å². The molecule has 0 radical (unpaired) electrons. The number of hydrogen-bond acceptors (Lipinski definition) is 3. The average Bonchev–Trinajstić information content (AvgIpc) is 1.89. The first-order valence-corrected chi connectivity index (χ1v) is 2.84. The minimum absolute atomic E-state index is 0.0872. The second kappa shape index (κ2) is 5.82. The van der Waals surface area contributed by atoms with Gasteiger partial charge in [-0.2, -0.15) is 0 Å². The van der Waals surface area contributed by atoms with Gasteiger partial charge in [0.25, 0.3) is 0 Å². The highest BCUT2D eigenvalue weighted by Gasteiger charge is 2.03. The van der Waals surface area contributed by atoms with Crippen LogP contribution in [0.1, 0.15) is 6.42 Å². The fourth-order valence-corrected chi connectivity index (χ4v) is 0.337. The van der Waals surface area contributed by atoms with E-state index < -0.39 is 7.12 Å². The van der Waals surface area contributed by atoms with Crippen molar-refractivity contribution in [2.45, 2.75) is 6.42 Å². The van der Waals surface area contributed by atoms with Gasteiger partial charge in [-0.05, 0) is 6.42 Å². The molecule has 0 aromatic heterocycles. The fraction of sp³-hybridized carbons (Fsp3) is 0.600. The third kappa shape index (κ3) is 5.56. The van der Waals surface area contributed by atoms with Crippen molar-refractivity contribution in [3.8, 4) is 0 Å². The third-order valence-corrected chi connectivity index (χ3v) is 0.793. The first-order valence-electron chi connectivity index (χ1n) is 2.84. The molecule has 0 atom stereocenters. The van der Waals surface area contributed by atoms with Crippen LogP contribution in [0.15, 0.2) is 12.6 Å². The Kier molecular flexibility index (Phi) is 5.61. The smallest absolute Gasteiger partial charge is 0.423 e. The van der Waals surface area contributed by atoms with Crippen LogP contribution in [-0.2, 0) is 4.65 Å². The third-order valence-electron chi connectivity index (χ3n) is 0.793. The first kappa shape index (κ1) is 8.68. The van der Waals surface area contributed by atoms with Crippen molar-refractivity contribution < 1.29 is 14.8 Å². The van der Waals surface area contributed by atoms with Gasteiger partial charge >= 0.3 is 7.12 Å². The van der Waals surface area contributed by atoms with Gasteiger partial charge in [0.15, 0.2) is 0 Å². The molecule has 0 heterocycles. The highest BCUT2D eigenvalue weighted by Crippen LogP contribution is 1.84. The average molecular weight is 130 g/mol. The summed E-state index contributed by atoms with van der Waals surface area (Å²) in [5.74, 6) is 1.29. The zero-order valence-electron chi connectivity index (χ0n) is 5.29. The largest absolute Gasteiger partial charge is 0.482 e. The van der Waals surface area contributed by atoms with E-state index in [9.17, 15) is 0 Å². The highest BCUT2D eigenvalue weighted by atomic mass is 16.5. The van der Waals surface area contributed by atoms with Gasteiger partial charge in [0, 0.05) is 13.2 Å². The molecule has 0 bridgehead atoms. The van der Waals surface area contributed by atoms with Gasteiger partial charge in [0.1, 0.15) is 0 Å². The van der Waals surface area contributed by atoms with Crippen molar-refractivity contribution in [3.05, 3.63) is 12.6 Å². The van der Waals surface area contributed by atoms with Crippen molar-refractivity contribution >= 4 is 7.12 Å². The molecule has 0 spiro atoms. The monoisotopic (exact) mass is 130 g/mol. The fourth-order valence-electron chi connectivity index (χ4n) is 0.337. The summed E-state index contributed by atoms with van der Waals surface area (Å²) in [5.41, 5.74) is 0. The van der Waals surface area contributed by atoms with E-state index in [0.717, 1.165) is 0 Å². The van der Waals surface area contributed by atoms with Crippen LogP contribution in [0.25, 0.3) is 0 Å². The Bertz CT molecular complexity index is 76.6. The summed E-state index contributed by atoms with van der Waals surface area (Å²) in [4.78, 5) is 0. The summed E-state index contributed by atoms with van der Waals surface area (Å²) in [5, 5.41) is 16.9. The Morgan fingerprint density at radius 2 is 2.33 bits per heavy atom. The van der Waals surface area contributed by atoms with Crippen molar-refractivity contribution in [1.82, 2.24) is 0 Å². The summed E-state index contributed by atoms with van der Waals surface area (Å²) in [7, 11) is -0.892. The molecule has 2 N–H and O–H groups in total. The van der Waals surface area contributed by atoms with E-state index in [4.69, 9.17) is 14.8 Å². The van der Waals surface area contributed by atoms with E-state index in [1.54, 1.807) is 0 Å². The van der Waals surface area contributed by atoms with E-state index in [1.807, 2.05) is 0 Å². The Morgan fingerprint density at radius 3 is 2.78 bits per heavy atom. The van der Waals surface area contributed by atoms with E-state index in [2.05, 4.69) is 6.58 Å². The van der Waals surface area contributed by atoms with Crippen molar-refractivity contribution in [3.63, 3.8) is 0 Å². The molecule has 4 heteroatoms. The molecule has 0 aliphatic rings. The highest BCUT2D eigenvalue weighted by molar-refractivity contribution is 6.48. The minimum atomic E-state index is -0.892. The summed E-state index contributed by atoms with van der Waals surface area (Å²) >= 11 is 0. The predicted octanol–water partition coefficient (Wildman–Crippen LogP) is -0.409. The minimum Gasteiger partial charge on any atom is -0.423 e. The molecule has 0 rings (SSSR count). The zero-order valence-corrected chi connectivity index (χ0v) is 5.29. The molecular formula is C5H11BO3. The summed E-state index contributed by atoms with van der Waals surface area (Å²) < 4.78 is 4.71. The van der Waals surface area contributed by atoms with E-state index in [-0.39, 0.29) is 6.61 Å². The molecule has 0 aromatic carbocycles. The lowest BCUT2D eigenvalue weighted by Gasteiger charge is -2.00. The lowest BCUT2D eigenvalue weighted by molar-refractivity contribution is 0.215. The molecular weight excluding hydrogens is 119 g/mol. The standard InChI is InChI=1S/C5H11BO3/c1-2-6(8)9-5-3-4-7/h2,7-8H,1,3-5H2. The Labute approximate surface area is 55.1 Å². The van der Waals surface area contributed by atoms with Gasteiger partial charge in [-0.15, -0.1) is 6.58 Å². The van der Waals surface area contributed by atoms with E-state index in [0.29, 0.717) is 13.0 Å². The molecule has 52 valence electrons. The Hall–Kier alpha value is -0.315. The molecule has 0 aliphatic carbocycles. The quantitative estimate of drug-likeness (QED) is 0.393. The maximum absolute atomic E-state index is 8.66. The molecule has 0 fully saturated rings. The topological polar surface area (TPSA) is 49.7 Å². The first-order chi connectivity index (χ1) is 4.31. The molecule has 3 nitrogen and oxygen atoms in total. The molecule has 0 unspecified atom stereocenters. The summed E-state index contributed by atoms with van der Waals surface area (Å²) in [6.07, 6.45) is 0.547. The molecule has 0 amide bonds. The Morgan fingerprint density at radius 1 is 1.67 bits per heavy atom. The predicted molar refractivity (Wildman–Crippen MR) is 35.8 cm³/mol. The van der Waals surface area contributed by atoms with Gasteiger partial charge in [0.2, 0.25) is 0 Å². The van der Waals surface area contributed by atoms with Crippen molar-refractivity contribution in [1.29, 1.82) is 0 Å². The molecule has 0 saturated heterocycles. The number of hydrogen-bond donors (Lipinski definition) is 2. The van der Waals surface area contributed by atoms with Gasteiger partial charge in [-0.3, -0.25) is 0 Å². The van der Waals surface area contributed by atoms with Crippen LogP contribution in [0.2, 0.25) is 0 Å². The molecule has 9 heavy (non-hydrogen) atoms. The maximum Gasteiger partial charge on any atom is 0.482 e. The zero-order chi connectivity index (χ0) is 7.11. The van der Waals surface area contributed by atoms with Crippen LogP contribution in [0, 0.1) is 0 Å². The van der Waals surface area contributed by atoms with Crippen LogP contribution < -0.4 is 0 Å². The lowest BCUT2D eigenvalue weighted by atomic mass is 9.92. The molecule has 0 aromatic rings. The van der Waals surface area contributed by atoms with E-state index in [1.165, 1.54) is 5.98 Å². The van der Waals surface area contributed by atoms with Gasteiger partial charge < -0.3 is 14.8 Å². The van der Waals surface area contributed by atoms with Gasteiger partial charge in [0.05, 0.1) is 0 Å². The lowest BCUT2D eigenvalue weighted by Crippen LogP contribution is -2.15. The van der Waals surface area contributed by atoms with Gasteiger partial charge in [-0.25, -0.2) is 0 Å². The normalized spacial score (nSPS) is 9.11. The number of aliphatic hydroxyl groups excluding tert-OH is 1. The maximum atomic E-state index is 8.66. The van der Waals surface area contributed by atoms with E-state index >= 15 is 0 Å². The van der Waals surface area contributed by atoms with Crippen molar-refractivity contribution in [2.24, 2.45) is 0 Å². The van der Waals surface area contributed by atoms with Crippen LogP contribution in [0.3, 0.4) is 0 Å². The molecule has 0 saturated carbocycles. The summed E-state index contributed by atoms with van der Waals surface area (Å²) in [6, 6.07) is 0. The molecule has 0 aliphatic heterocycles. The number of rotatable bonds is 5. The van der Waals surface area contributed by atoms with Crippen LogP contribution in [0.5, 0.6) is 0 Å². The second-order valence-corrected chi connectivity index (χ2v) is 1.57. The van der Waals surface area contributed by atoms with Gasteiger partial charge in [-0.1, -0.05) is 5.98 Å². The Balaban J connectivity index is 2.96. The summed E-state index contributed by atoms with van der Waals surface area (Å²) in [6.45, 7) is 3.75. The second-order valence-electron chi connectivity index (χ2n) is 1.57.